The fourth-order valence-corrected chi connectivity index (χ4v) is 0.761. The summed E-state index contributed by atoms with van der Waals surface area (Å²) < 4.78 is 1.79. The first kappa shape index (κ1) is 6.84. The molecule has 0 saturated heterocycles. The molecule has 0 aliphatic heterocycles. The van der Waals surface area contributed by atoms with E-state index >= 15 is 0 Å². The summed E-state index contributed by atoms with van der Waals surface area (Å²) in [7, 11) is 1.84. The molecule has 1 N–H and O–H groups in total. The molecule has 3 heteroatoms. The highest BCUT2D eigenvalue weighted by atomic mass is 16.3. The van der Waals surface area contributed by atoms with Gasteiger partial charge in [-0.2, -0.15) is 5.26 Å². The highest BCUT2D eigenvalue weighted by Crippen LogP contribution is 2.10. The number of hydrogen-bond donors (Lipinski definition) is 1. The van der Waals surface area contributed by atoms with Crippen molar-refractivity contribution >= 4 is 0 Å². The van der Waals surface area contributed by atoms with Crippen LogP contribution in [0.2, 0.25) is 0 Å². The molecule has 0 bridgehead atoms. The van der Waals surface area contributed by atoms with Gasteiger partial charge < -0.3 is 9.67 Å². The zero-order valence-corrected chi connectivity index (χ0v) is 5.65. The van der Waals surface area contributed by atoms with Crippen LogP contribution < -0.4 is 0 Å². The van der Waals surface area contributed by atoms with Gasteiger partial charge in [0.05, 0.1) is 6.07 Å². The summed E-state index contributed by atoms with van der Waals surface area (Å²) >= 11 is 0. The average molecular weight is 136 g/mol. The first-order valence-corrected chi connectivity index (χ1v) is 2.93. The highest BCUT2D eigenvalue weighted by molar-refractivity contribution is 5.18. The number of nitrogens with zero attached hydrogens (tertiary/aromatic N) is 2. The Morgan fingerprint density at radius 1 is 1.80 bits per heavy atom. The Kier molecular flexibility index (Phi) is 1.74. The number of aryl methyl sites for hydroxylation is 1. The van der Waals surface area contributed by atoms with Crippen molar-refractivity contribution in [2.24, 2.45) is 7.05 Å². The minimum absolute atomic E-state index is 0.644. The summed E-state index contributed by atoms with van der Waals surface area (Å²) in [5.74, 6) is 0. The SMILES string of the molecule is Cn1ccc(C(O)C#N)c1. The standard InChI is InChI=1S/C7H8N2O/c1-9-3-2-6(5-9)7(10)4-8/h2-3,5,7,10H,1H3. The number of aromatic nitrogens is 1. The largest absolute Gasteiger partial charge is 0.374 e. The maximum atomic E-state index is 8.97. The van der Waals surface area contributed by atoms with E-state index in [2.05, 4.69) is 0 Å². The van der Waals surface area contributed by atoms with E-state index in [0.717, 1.165) is 0 Å². The number of rotatable bonds is 1. The van der Waals surface area contributed by atoms with Crippen molar-refractivity contribution in [1.82, 2.24) is 4.57 Å². The Hall–Kier alpha value is -1.27. The van der Waals surface area contributed by atoms with Crippen LogP contribution in [0.25, 0.3) is 0 Å². The van der Waals surface area contributed by atoms with Gasteiger partial charge in [-0.1, -0.05) is 0 Å². The van der Waals surface area contributed by atoms with E-state index in [0.29, 0.717) is 5.56 Å². The van der Waals surface area contributed by atoms with Gasteiger partial charge in [-0.15, -0.1) is 0 Å². The Morgan fingerprint density at radius 2 is 2.50 bits per heavy atom. The van der Waals surface area contributed by atoms with Gasteiger partial charge >= 0.3 is 0 Å². The van der Waals surface area contributed by atoms with E-state index in [9.17, 15) is 0 Å². The van der Waals surface area contributed by atoms with Gasteiger partial charge in [-0.3, -0.25) is 0 Å². The van der Waals surface area contributed by atoms with E-state index in [1.165, 1.54) is 0 Å². The van der Waals surface area contributed by atoms with Crippen LogP contribution in [0.15, 0.2) is 18.5 Å². The van der Waals surface area contributed by atoms with E-state index in [1.807, 2.05) is 7.05 Å². The molecule has 1 aromatic rings. The summed E-state index contributed by atoms with van der Waals surface area (Å²) in [6.45, 7) is 0. The first-order chi connectivity index (χ1) is 4.74. The zero-order valence-electron chi connectivity index (χ0n) is 5.65. The molecule has 0 amide bonds. The number of aliphatic hydroxyl groups excluding tert-OH is 1. The lowest BCUT2D eigenvalue weighted by molar-refractivity contribution is 0.236. The minimum Gasteiger partial charge on any atom is -0.374 e. The molecule has 1 heterocycles. The smallest absolute Gasteiger partial charge is 0.167 e. The zero-order chi connectivity index (χ0) is 7.56. The Morgan fingerprint density at radius 3 is 2.90 bits per heavy atom. The third-order valence-electron chi connectivity index (χ3n) is 1.29. The van der Waals surface area contributed by atoms with Gasteiger partial charge in [0.2, 0.25) is 0 Å². The van der Waals surface area contributed by atoms with Gasteiger partial charge in [-0.25, -0.2) is 0 Å². The molecular formula is C7H8N2O. The van der Waals surface area contributed by atoms with Crippen molar-refractivity contribution in [3.05, 3.63) is 24.0 Å². The van der Waals surface area contributed by atoms with Crippen LogP contribution in [-0.4, -0.2) is 9.67 Å². The van der Waals surface area contributed by atoms with Crippen LogP contribution in [0.5, 0.6) is 0 Å². The van der Waals surface area contributed by atoms with E-state index in [-0.39, 0.29) is 0 Å². The topological polar surface area (TPSA) is 49.0 Å². The normalized spacial score (nSPS) is 12.5. The molecule has 1 atom stereocenters. The van der Waals surface area contributed by atoms with Crippen molar-refractivity contribution in [3.63, 3.8) is 0 Å². The second-order valence-corrected chi connectivity index (χ2v) is 2.14. The van der Waals surface area contributed by atoms with Crippen molar-refractivity contribution in [2.75, 3.05) is 0 Å². The van der Waals surface area contributed by atoms with Crippen molar-refractivity contribution in [3.8, 4) is 6.07 Å². The first-order valence-electron chi connectivity index (χ1n) is 2.93. The predicted octanol–water partition coefficient (Wildman–Crippen LogP) is 0.582. The van der Waals surface area contributed by atoms with Crippen LogP contribution in [0.4, 0.5) is 0 Å². The van der Waals surface area contributed by atoms with Crippen molar-refractivity contribution in [1.29, 1.82) is 5.26 Å². The molecule has 1 aromatic heterocycles. The monoisotopic (exact) mass is 136 g/mol. The Balaban J connectivity index is 2.87. The maximum Gasteiger partial charge on any atom is 0.167 e. The second-order valence-electron chi connectivity index (χ2n) is 2.14. The maximum absolute atomic E-state index is 8.97. The number of aliphatic hydroxyl groups is 1. The van der Waals surface area contributed by atoms with E-state index < -0.39 is 6.10 Å². The summed E-state index contributed by atoms with van der Waals surface area (Å²) in [4.78, 5) is 0. The fourth-order valence-electron chi connectivity index (χ4n) is 0.761. The molecule has 0 spiro atoms. The van der Waals surface area contributed by atoms with Gasteiger partial charge in [0.25, 0.3) is 0 Å². The molecule has 0 aliphatic rings. The lowest BCUT2D eigenvalue weighted by Gasteiger charge is -1.93. The Bertz CT molecular complexity index is 259. The molecular weight excluding hydrogens is 128 g/mol. The van der Waals surface area contributed by atoms with Gasteiger partial charge in [0.15, 0.2) is 6.10 Å². The molecule has 0 aliphatic carbocycles. The molecule has 0 radical (unpaired) electrons. The fraction of sp³-hybridized carbons (Fsp3) is 0.286. The lowest BCUT2D eigenvalue weighted by atomic mass is 10.2. The second kappa shape index (κ2) is 2.54. The summed E-state index contributed by atoms with van der Waals surface area (Å²) in [5.41, 5.74) is 0.644. The van der Waals surface area contributed by atoms with Crippen LogP contribution in [0.3, 0.4) is 0 Å². The third-order valence-corrected chi connectivity index (χ3v) is 1.29. The van der Waals surface area contributed by atoms with Gasteiger partial charge in [-0.05, 0) is 6.07 Å². The molecule has 1 unspecified atom stereocenters. The van der Waals surface area contributed by atoms with E-state index in [4.69, 9.17) is 10.4 Å². The number of nitriles is 1. The minimum atomic E-state index is -0.985. The molecule has 0 fully saturated rings. The van der Waals surface area contributed by atoms with Crippen LogP contribution >= 0.6 is 0 Å². The van der Waals surface area contributed by atoms with E-state index in [1.54, 1.807) is 29.1 Å². The summed E-state index contributed by atoms with van der Waals surface area (Å²) in [5, 5.41) is 17.3. The summed E-state index contributed by atoms with van der Waals surface area (Å²) in [6.07, 6.45) is 2.52. The number of hydrogen-bond acceptors (Lipinski definition) is 2. The van der Waals surface area contributed by atoms with Crippen molar-refractivity contribution < 1.29 is 5.11 Å². The molecule has 1 rings (SSSR count). The third kappa shape index (κ3) is 1.17. The predicted molar refractivity (Wildman–Crippen MR) is 36.0 cm³/mol. The van der Waals surface area contributed by atoms with Crippen LogP contribution in [0, 0.1) is 11.3 Å². The molecule has 10 heavy (non-hydrogen) atoms. The summed E-state index contributed by atoms with van der Waals surface area (Å²) in [6, 6.07) is 3.45. The molecule has 0 saturated carbocycles. The van der Waals surface area contributed by atoms with Crippen LogP contribution in [0.1, 0.15) is 11.7 Å². The molecule has 3 nitrogen and oxygen atoms in total. The molecule has 0 aromatic carbocycles. The highest BCUT2D eigenvalue weighted by Gasteiger charge is 2.04. The van der Waals surface area contributed by atoms with Gasteiger partial charge in [0, 0.05) is 25.0 Å². The lowest BCUT2D eigenvalue weighted by Crippen LogP contribution is -1.90. The Labute approximate surface area is 59.1 Å². The molecule has 52 valence electrons. The quantitative estimate of drug-likeness (QED) is 0.574. The average Bonchev–Trinajstić information content (AvgIpc) is 2.34. The van der Waals surface area contributed by atoms with Crippen LogP contribution in [-0.2, 0) is 7.05 Å². The van der Waals surface area contributed by atoms with Gasteiger partial charge in [0.1, 0.15) is 0 Å². The van der Waals surface area contributed by atoms with Crippen molar-refractivity contribution in [2.45, 2.75) is 6.10 Å².